The van der Waals surface area contributed by atoms with Gasteiger partial charge in [-0.15, -0.1) is 0 Å². The SMILES string of the molecule is CCOC(=O)[C@H](C)Oc1cc(C)ccc1C(C)C. The van der Waals surface area contributed by atoms with E-state index < -0.39 is 6.10 Å². The molecule has 0 aromatic heterocycles. The molecule has 1 aromatic rings. The largest absolute Gasteiger partial charge is 0.479 e. The molecule has 0 N–H and O–H groups in total. The van der Waals surface area contributed by atoms with Crippen LogP contribution in [0.25, 0.3) is 0 Å². The van der Waals surface area contributed by atoms with Gasteiger partial charge in [0.25, 0.3) is 0 Å². The lowest BCUT2D eigenvalue weighted by Crippen LogP contribution is -2.26. The highest BCUT2D eigenvalue weighted by molar-refractivity contribution is 5.74. The maximum atomic E-state index is 11.6. The van der Waals surface area contributed by atoms with E-state index in [2.05, 4.69) is 19.9 Å². The minimum Gasteiger partial charge on any atom is -0.479 e. The molecule has 0 saturated heterocycles. The van der Waals surface area contributed by atoms with E-state index in [1.807, 2.05) is 19.1 Å². The summed E-state index contributed by atoms with van der Waals surface area (Å²) in [6.45, 7) is 10.1. The summed E-state index contributed by atoms with van der Waals surface area (Å²) >= 11 is 0. The Labute approximate surface area is 109 Å². The molecule has 0 bridgehead atoms. The normalized spacial score (nSPS) is 12.3. The van der Waals surface area contributed by atoms with Crippen molar-refractivity contribution in [1.82, 2.24) is 0 Å². The molecule has 3 nitrogen and oxygen atoms in total. The molecule has 0 fully saturated rings. The maximum absolute atomic E-state index is 11.6. The third-order valence-electron chi connectivity index (χ3n) is 2.71. The number of benzene rings is 1. The van der Waals surface area contributed by atoms with Gasteiger partial charge in [0.2, 0.25) is 0 Å². The van der Waals surface area contributed by atoms with E-state index in [0.29, 0.717) is 12.5 Å². The highest BCUT2D eigenvalue weighted by atomic mass is 16.6. The first-order valence-corrected chi connectivity index (χ1v) is 6.39. The predicted octanol–water partition coefficient (Wildman–Crippen LogP) is 3.45. The van der Waals surface area contributed by atoms with Gasteiger partial charge in [-0.05, 0) is 43.9 Å². The van der Waals surface area contributed by atoms with Gasteiger partial charge in [0, 0.05) is 0 Å². The molecule has 0 unspecified atom stereocenters. The average Bonchev–Trinajstić information content (AvgIpc) is 2.28. The molecule has 0 aliphatic heterocycles. The van der Waals surface area contributed by atoms with Gasteiger partial charge >= 0.3 is 5.97 Å². The first-order chi connectivity index (χ1) is 8.45. The van der Waals surface area contributed by atoms with Crippen LogP contribution in [-0.4, -0.2) is 18.7 Å². The fourth-order valence-corrected chi connectivity index (χ4v) is 1.72. The van der Waals surface area contributed by atoms with Crippen LogP contribution in [0.5, 0.6) is 5.75 Å². The lowest BCUT2D eigenvalue weighted by atomic mass is 10.0. The lowest BCUT2D eigenvalue weighted by molar-refractivity contribution is -0.150. The standard InChI is InChI=1S/C15H22O3/c1-6-17-15(16)12(5)18-14-9-11(4)7-8-13(14)10(2)3/h7-10,12H,6H2,1-5H3/t12-/m0/s1. The second-order valence-electron chi connectivity index (χ2n) is 4.71. The van der Waals surface area contributed by atoms with Crippen LogP contribution in [0, 0.1) is 6.92 Å². The third kappa shape index (κ3) is 3.76. The van der Waals surface area contributed by atoms with Crippen LogP contribution in [0.15, 0.2) is 18.2 Å². The van der Waals surface area contributed by atoms with Crippen molar-refractivity contribution in [3.05, 3.63) is 29.3 Å². The Morgan fingerprint density at radius 3 is 2.50 bits per heavy atom. The molecule has 0 radical (unpaired) electrons. The molecule has 18 heavy (non-hydrogen) atoms. The summed E-state index contributed by atoms with van der Waals surface area (Å²) < 4.78 is 10.7. The van der Waals surface area contributed by atoms with Crippen molar-refractivity contribution in [2.75, 3.05) is 6.61 Å². The highest BCUT2D eigenvalue weighted by Gasteiger charge is 2.18. The number of carbonyl (C=O) groups excluding carboxylic acids is 1. The Morgan fingerprint density at radius 1 is 1.28 bits per heavy atom. The van der Waals surface area contributed by atoms with Crippen LogP contribution in [0.1, 0.15) is 44.7 Å². The van der Waals surface area contributed by atoms with Crippen molar-refractivity contribution in [2.24, 2.45) is 0 Å². The Morgan fingerprint density at radius 2 is 1.94 bits per heavy atom. The van der Waals surface area contributed by atoms with Gasteiger partial charge in [-0.3, -0.25) is 0 Å². The molecule has 0 aliphatic carbocycles. The van der Waals surface area contributed by atoms with Crippen LogP contribution < -0.4 is 4.74 Å². The zero-order valence-electron chi connectivity index (χ0n) is 11.8. The zero-order chi connectivity index (χ0) is 13.7. The van der Waals surface area contributed by atoms with Crippen molar-refractivity contribution < 1.29 is 14.3 Å². The van der Waals surface area contributed by atoms with Crippen LogP contribution in [0.3, 0.4) is 0 Å². The molecule has 3 heteroatoms. The van der Waals surface area contributed by atoms with Gasteiger partial charge in [0.1, 0.15) is 5.75 Å². The minimum atomic E-state index is -0.579. The lowest BCUT2D eigenvalue weighted by Gasteiger charge is -2.18. The Balaban J connectivity index is 2.88. The number of rotatable bonds is 5. The molecule has 1 atom stereocenters. The first-order valence-electron chi connectivity index (χ1n) is 6.39. The Hall–Kier alpha value is -1.51. The predicted molar refractivity (Wildman–Crippen MR) is 72.0 cm³/mol. The van der Waals surface area contributed by atoms with Gasteiger partial charge in [-0.1, -0.05) is 26.0 Å². The van der Waals surface area contributed by atoms with Crippen molar-refractivity contribution in [1.29, 1.82) is 0 Å². The monoisotopic (exact) mass is 250 g/mol. The second-order valence-corrected chi connectivity index (χ2v) is 4.71. The zero-order valence-corrected chi connectivity index (χ0v) is 11.8. The molecule has 0 amide bonds. The van der Waals surface area contributed by atoms with Crippen LogP contribution >= 0.6 is 0 Å². The first kappa shape index (κ1) is 14.6. The van der Waals surface area contributed by atoms with Gasteiger partial charge in [0.05, 0.1) is 6.61 Å². The maximum Gasteiger partial charge on any atom is 0.347 e. The molecule has 1 rings (SSSR count). The van der Waals surface area contributed by atoms with Crippen LogP contribution in [0.2, 0.25) is 0 Å². The topological polar surface area (TPSA) is 35.5 Å². The minimum absolute atomic E-state index is 0.325. The summed E-state index contributed by atoms with van der Waals surface area (Å²) in [5.74, 6) is 0.800. The molecule has 0 saturated carbocycles. The number of aryl methyl sites for hydroxylation is 1. The molecular formula is C15H22O3. The quantitative estimate of drug-likeness (QED) is 0.751. The number of hydrogen-bond acceptors (Lipinski definition) is 3. The van der Waals surface area contributed by atoms with E-state index in [4.69, 9.17) is 9.47 Å². The summed E-state index contributed by atoms with van der Waals surface area (Å²) in [7, 11) is 0. The summed E-state index contributed by atoms with van der Waals surface area (Å²) in [6, 6.07) is 6.06. The van der Waals surface area contributed by atoms with Gasteiger partial charge < -0.3 is 9.47 Å². The van der Waals surface area contributed by atoms with Gasteiger partial charge in [0.15, 0.2) is 6.10 Å². The van der Waals surface area contributed by atoms with Crippen molar-refractivity contribution in [3.63, 3.8) is 0 Å². The third-order valence-corrected chi connectivity index (χ3v) is 2.71. The Bertz CT molecular complexity index is 410. The molecule has 0 heterocycles. The van der Waals surface area contributed by atoms with Gasteiger partial charge in [-0.2, -0.15) is 0 Å². The average molecular weight is 250 g/mol. The molecule has 100 valence electrons. The van der Waals surface area contributed by atoms with E-state index in [-0.39, 0.29) is 5.97 Å². The van der Waals surface area contributed by atoms with Crippen molar-refractivity contribution >= 4 is 5.97 Å². The van der Waals surface area contributed by atoms with E-state index in [1.54, 1.807) is 13.8 Å². The molecule has 1 aromatic carbocycles. The molecule has 0 aliphatic rings. The fourth-order valence-electron chi connectivity index (χ4n) is 1.72. The van der Waals surface area contributed by atoms with E-state index in [1.165, 1.54) is 0 Å². The number of hydrogen-bond donors (Lipinski definition) is 0. The number of esters is 1. The fraction of sp³-hybridized carbons (Fsp3) is 0.533. The smallest absolute Gasteiger partial charge is 0.347 e. The molecular weight excluding hydrogens is 228 g/mol. The van der Waals surface area contributed by atoms with Crippen LogP contribution in [0.4, 0.5) is 0 Å². The van der Waals surface area contributed by atoms with Crippen LogP contribution in [-0.2, 0) is 9.53 Å². The Kier molecular flexibility index (Phi) is 5.20. The van der Waals surface area contributed by atoms with Crippen molar-refractivity contribution in [3.8, 4) is 5.75 Å². The summed E-state index contributed by atoms with van der Waals surface area (Å²) in [5.41, 5.74) is 2.22. The van der Waals surface area contributed by atoms with E-state index in [9.17, 15) is 4.79 Å². The number of carbonyl (C=O) groups is 1. The van der Waals surface area contributed by atoms with E-state index in [0.717, 1.165) is 16.9 Å². The summed E-state index contributed by atoms with van der Waals surface area (Å²) in [4.78, 5) is 11.6. The van der Waals surface area contributed by atoms with E-state index >= 15 is 0 Å². The second kappa shape index (κ2) is 6.43. The van der Waals surface area contributed by atoms with Crippen molar-refractivity contribution in [2.45, 2.75) is 46.6 Å². The van der Waals surface area contributed by atoms with Gasteiger partial charge in [-0.25, -0.2) is 4.79 Å². The summed E-state index contributed by atoms with van der Waals surface area (Å²) in [6.07, 6.45) is -0.579. The molecule has 0 spiro atoms. The highest BCUT2D eigenvalue weighted by Crippen LogP contribution is 2.28. The summed E-state index contributed by atoms with van der Waals surface area (Å²) in [5, 5.41) is 0. The number of ether oxygens (including phenoxy) is 2.